The molecular formula is C11H26N2O. The molecule has 1 N–H and O–H groups in total. The van der Waals surface area contributed by atoms with Crippen molar-refractivity contribution in [3.63, 3.8) is 0 Å². The minimum absolute atomic E-state index is 0.469. The van der Waals surface area contributed by atoms with Gasteiger partial charge in [0, 0.05) is 13.2 Å². The lowest BCUT2D eigenvalue weighted by Gasteiger charge is -2.18. The summed E-state index contributed by atoms with van der Waals surface area (Å²) < 4.78 is 5.05. The molecule has 0 rings (SSSR count). The maximum atomic E-state index is 5.05. The van der Waals surface area contributed by atoms with E-state index in [1.54, 1.807) is 7.11 Å². The molecule has 0 aromatic carbocycles. The van der Waals surface area contributed by atoms with E-state index in [2.05, 4.69) is 31.0 Å². The Morgan fingerprint density at radius 2 is 1.93 bits per heavy atom. The predicted molar refractivity (Wildman–Crippen MR) is 61.7 cm³/mol. The molecule has 1 atom stereocenters. The first-order chi connectivity index (χ1) is 6.74. The Morgan fingerprint density at radius 3 is 2.43 bits per heavy atom. The van der Waals surface area contributed by atoms with Gasteiger partial charge in [-0.1, -0.05) is 13.8 Å². The standard InChI is InChI=1S/C11H26N2O/c1-5-13(6-2)9-7-8-12-11(3)10-14-4/h11-12H,5-10H2,1-4H3/t11-/m1/s1. The third-order valence-corrected chi connectivity index (χ3v) is 2.46. The van der Waals surface area contributed by atoms with Crippen LogP contribution in [0.3, 0.4) is 0 Å². The minimum atomic E-state index is 0.469. The van der Waals surface area contributed by atoms with Crippen LogP contribution in [0.5, 0.6) is 0 Å². The van der Waals surface area contributed by atoms with Crippen LogP contribution < -0.4 is 5.32 Å². The highest BCUT2D eigenvalue weighted by molar-refractivity contribution is 4.60. The second-order valence-corrected chi connectivity index (χ2v) is 3.69. The normalized spacial score (nSPS) is 13.5. The Morgan fingerprint density at radius 1 is 1.29 bits per heavy atom. The van der Waals surface area contributed by atoms with E-state index in [0.717, 1.165) is 26.2 Å². The van der Waals surface area contributed by atoms with Crippen molar-refractivity contribution >= 4 is 0 Å². The van der Waals surface area contributed by atoms with Crippen LogP contribution in [0.15, 0.2) is 0 Å². The largest absolute Gasteiger partial charge is 0.383 e. The van der Waals surface area contributed by atoms with Crippen molar-refractivity contribution in [2.45, 2.75) is 33.2 Å². The molecule has 0 spiro atoms. The average molecular weight is 202 g/mol. The van der Waals surface area contributed by atoms with Crippen LogP contribution in [-0.2, 0) is 4.74 Å². The third-order valence-electron chi connectivity index (χ3n) is 2.46. The van der Waals surface area contributed by atoms with Gasteiger partial charge < -0.3 is 15.0 Å². The molecule has 0 aliphatic heterocycles. The molecule has 0 heterocycles. The average Bonchev–Trinajstić information content (AvgIpc) is 2.19. The van der Waals surface area contributed by atoms with Crippen molar-refractivity contribution in [1.82, 2.24) is 10.2 Å². The van der Waals surface area contributed by atoms with Gasteiger partial charge in [0.2, 0.25) is 0 Å². The smallest absolute Gasteiger partial charge is 0.0613 e. The second kappa shape index (κ2) is 9.44. The summed E-state index contributed by atoms with van der Waals surface area (Å²) >= 11 is 0. The number of hydrogen-bond acceptors (Lipinski definition) is 3. The lowest BCUT2D eigenvalue weighted by Crippen LogP contribution is -2.33. The van der Waals surface area contributed by atoms with Gasteiger partial charge in [0.1, 0.15) is 0 Å². The molecule has 14 heavy (non-hydrogen) atoms. The topological polar surface area (TPSA) is 24.5 Å². The molecule has 0 fully saturated rings. The molecule has 3 nitrogen and oxygen atoms in total. The van der Waals surface area contributed by atoms with Gasteiger partial charge in [0.25, 0.3) is 0 Å². The molecule has 0 aromatic heterocycles. The zero-order valence-corrected chi connectivity index (χ0v) is 10.2. The van der Waals surface area contributed by atoms with E-state index < -0.39 is 0 Å². The molecule has 0 aliphatic rings. The maximum Gasteiger partial charge on any atom is 0.0613 e. The lowest BCUT2D eigenvalue weighted by atomic mass is 10.3. The van der Waals surface area contributed by atoms with E-state index in [9.17, 15) is 0 Å². The number of nitrogens with zero attached hydrogens (tertiary/aromatic N) is 1. The van der Waals surface area contributed by atoms with Crippen LogP contribution in [0.4, 0.5) is 0 Å². The molecule has 0 saturated carbocycles. The van der Waals surface area contributed by atoms with Gasteiger partial charge in [0.15, 0.2) is 0 Å². The van der Waals surface area contributed by atoms with Crippen LogP contribution in [0.2, 0.25) is 0 Å². The first-order valence-corrected chi connectivity index (χ1v) is 5.69. The van der Waals surface area contributed by atoms with E-state index in [0.29, 0.717) is 6.04 Å². The Kier molecular flexibility index (Phi) is 9.35. The number of nitrogens with one attached hydrogen (secondary N) is 1. The van der Waals surface area contributed by atoms with Gasteiger partial charge in [0.05, 0.1) is 6.61 Å². The molecule has 0 radical (unpaired) electrons. The third kappa shape index (κ3) is 7.30. The highest BCUT2D eigenvalue weighted by atomic mass is 16.5. The summed E-state index contributed by atoms with van der Waals surface area (Å²) in [6.45, 7) is 12.0. The number of methoxy groups -OCH3 is 1. The number of rotatable bonds is 9. The SMILES string of the molecule is CCN(CC)CCCN[C@H](C)COC. The summed E-state index contributed by atoms with van der Waals surface area (Å²) in [4.78, 5) is 2.45. The van der Waals surface area contributed by atoms with Gasteiger partial charge in [-0.15, -0.1) is 0 Å². The van der Waals surface area contributed by atoms with Gasteiger partial charge in [-0.25, -0.2) is 0 Å². The van der Waals surface area contributed by atoms with Crippen LogP contribution in [-0.4, -0.2) is 50.8 Å². The Balaban J connectivity index is 3.27. The molecular weight excluding hydrogens is 176 g/mol. The highest BCUT2D eigenvalue weighted by Gasteiger charge is 2.01. The van der Waals surface area contributed by atoms with E-state index in [1.807, 2.05) is 0 Å². The molecule has 0 aromatic rings. The number of ether oxygens (including phenoxy) is 1. The van der Waals surface area contributed by atoms with E-state index in [-0.39, 0.29) is 0 Å². The molecule has 3 heteroatoms. The van der Waals surface area contributed by atoms with Crippen molar-refractivity contribution in [2.24, 2.45) is 0 Å². The molecule has 86 valence electrons. The fraction of sp³-hybridized carbons (Fsp3) is 1.00. The molecule has 0 saturated heterocycles. The van der Waals surface area contributed by atoms with E-state index in [1.165, 1.54) is 13.0 Å². The van der Waals surface area contributed by atoms with E-state index in [4.69, 9.17) is 4.74 Å². The van der Waals surface area contributed by atoms with Crippen molar-refractivity contribution in [1.29, 1.82) is 0 Å². The van der Waals surface area contributed by atoms with Crippen molar-refractivity contribution in [2.75, 3.05) is 39.9 Å². The first-order valence-electron chi connectivity index (χ1n) is 5.69. The summed E-state index contributed by atoms with van der Waals surface area (Å²) in [6, 6.07) is 0.469. The van der Waals surface area contributed by atoms with Crippen molar-refractivity contribution < 1.29 is 4.74 Å². The highest BCUT2D eigenvalue weighted by Crippen LogP contribution is 1.90. The predicted octanol–water partition coefficient (Wildman–Crippen LogP) is 1.34. The zero-order valence-electron chi connectivity index (χ0n) is 10.2. The fourth-order valence-corrected chi connectivity index (χ4v) is 1.50. The minimum Gasteiger partial charge on any atom is -0.383 e. The molecule has 0 unspecified atom stereocenters. The molecule has 0 bridgehead atoms. The van der Waals surface area contributed by atoms with Crippen LogP contribution >= 0.6 is 0 Å². The van der Waals surface area contributed by atoms with Crippen molar-refractivity contribution in [3.8, 4) is 0 Å². The van der Waals surface area contributed by atoms with Gasteiger partial charge in [-0.05, 0) is 39.5 Å². The summed E-state index contributed by atoms with van der Waals surface area (Å²) in [7, 11) is 1.74. The van der Waals surface area contributed by atoms with E-state index >= 15 is 0 Å². The first kappa shape index (κ1) is 13.9. The molecule has 0 amide bonds. The maximum absolute atomic E-state index is 5.05. The zero-order chi connectivity index (χ0) is 10.8. The second-order valence-electron chi connectivity index (χ2n) is 3.69. The quantitative estimate of drug-likeness (QED) is 0.571. The van der Waals surface area contributed by atoms with Crippen LogP contribution in [0.1, 0.15) is 27.2 Å². The fourth-order valence-electron chi connectivity index (χ4n) is 1.50. The Hall–Kier alpha value is -0.120. The summed E-state index contributed by atoms with van der Waals surface area (Å²) in [5.41, 5.74) is 0. The monoisotopic (exact) mass is 202 g/mol. The van der Waals surface area contributed by atoms with Crippen molar-refractivity contribution in [3.05, 3.63) is 0 Å². The summed E-state index contributed by atoms with van der Waals surface area (Å²) in [6.07, 6.45) is 1.22. The molecule has 0 aliphatic carbocycles. The Bertz CT molecular complexity index is 116. The summed E-state index contributed by atoms with van der Waals surface area (Å²) in [5, 5.41) is 3.44. The van der Waals surface area contributed by atoms with Gasteiger partial charge >= 0.3 is 0 Å². The Labute approximate surface area is 88.8 Å². The summed E-state index contributed by atoms with van der Waals surface area (Å²) in [5.74, 6) is 0. The number of hydrogen-bond donors (Lipinski definition) is 1. The van der Waals surface area contributed by atoms with Gasteiger partial charge in [-0.3, -0.25) is 0 Å². The van der Waals surface area contributed by atoms with Crippen LogP contribution in [0.25, 0.3) is 0 Å². The van der Waals surface area contributed by atoms with Gasteiger partial charge in [-0.2, -0.15) is 0 Å². The van der Waals surface area contributed by atoms with Crippen LogP contribution in [0, 0.1) is 0 Å². The lowest BCUT2D eigenvalue weighted by molar-refractivity contribution is 0.171.